The van der Waals surface area contributed by atoms with Gasteiger partial charge in [-0.05, 0) is 55.7 Å². The average Bonchev–Trinajstić information content (AvgIpc) is 3.41. The number of nitrogens with zero attached hydrogens (tertiary/aromatic N) is 6. The third-order valence-electron chi connectivity index (χ3n) is 5.54. The Morgan fingerprint density at radius 3 is 2.71 bits per heavy atom. The number of amides is 1. The first kappa shape index (κ1) is 19.4. The fourth-order valence-electron chi connectivity index (χ4n) is 3.70. The third kappa shape index (κ3) is 3.38. The molecule has 4 aromatic rings. The van der Waals surface area contributed by atoms with Crippen LogP contribution in [-0.2, 0) is 0 Å². The Labute approximate surface area is 183 Å². The van der Waals surface area contributed by atoms with Crippen molar-refractivity contribution in [3.05, 3.63) is 76.3 Å². The summed E-state index contributed by atoms with van der Waals surface area (Å²) < 4.78 is 5.49. The molecule has 1 unspecified atom stereocenters. The molecule has 0 aliphatic carbocycles. The number of rotatable bonds is 4. The first-order valence-electron chi connectivity index (χ1n) is 9.90. The second-order valence-corrected chi connectivity index (χ2v) is 7.92. The first-order valence-corrected chi connectivity index (χ1v) is 10.3. The number of halogens is 1. The normalized spacial score (nSPS) is 15.7. The monoisotopic (exact) mass is 434 g/mol. The summed E-state index contributed by atoms with van der Waals surface area (Å²) in [5.74, 6) is 0.764. The van der Waals surface area contributed by atoms with E-state index in [1.165, 1.54) is 4.80 Å². The highest BCUT2D eigenvalue weighted by atomic mass is 35.5. The van der Waals surface area contributed by atoms with Crippen molar-refractivity contribution in [1.82, 2.24) is 30.0 Å². The van der Waals surface area contributed by atoms with E-state index in [1.54, 1.807) is 17.3 Å². The van der Waals surface area contributed by atoms with E-state index in [0.717, 1.165) is 23.1 Å². The summed E-state index contributed by atoms with van der Waals surface area (Å²) in [6, 6.07) is 10.9. The van der Waals surface area contributed by atoms with Crippen molar-refractivity contribution in [3.8, 4) is 17.1 Å². The molecule has 0 radical (unpaired) electrons. The Hall–Kier alpha value is -3.52. The zero-order valence-corrected chi connectivity index (χ0v) is 17.7. The highest BCUT2D eigenvalue weighted by molar-refractivity contribution is 6.31. The fourth-order valence-corrected chi connectivity index (χ4v) is 3.88. The Balaban J connectivity index is 1.44. The third-order valence-corrected chi connectivity index (χ3v) is 5.95. The number of aryl methyl sites for hydroxylation is 1. The largest absolute Gasteiger partial charge is 0.334 e. The molecule has 0 saturated carbocycles. The molecule has 0 spiro atoms. The molecule has 1 amide bonds. The molecule has 2 aromatic carbocycles. The summed E-state index contributed by atoms with van der Waals surface area (Å²) in [7, 11) is 0. The van der Waals surface area contributed by atoms with Gasteiger partial charge in [0.1, 0.15) is 0 Å². The van der Waals surface area contributed by atoms with Crippen molar-refractivity contribution in [1.29, 1.82) is 0 Å². The standard InChI is InChI=1S/C22H19ClN6O2/c1-13-6-7-16(19(12-13)29-24-9-10-25-29)22(30)28-11-8-18(28)20-26-21(31-27-20)15-4-3-5-17(23)14(15)2/h3-7,9-10,12,18H,8,11H2,1-2H3. The Kier molecular flexibility index (Phi) is 4.78. The molecule has 0 N–H and O–H groups in total. The maximum atomic E-state index is 13.4. The van der Waals surface area contributed by atoms with E-state index < -0.39 is 0 Å². The predicted molar refractivity (Wildman–Crippen MR) is 114 cm³/mol. The van der Waals surface area contributed by atoms with Gasteiger partial charge in [-0.2, -0.15) is 20.0 Å². The van der Waals surface area contributed by atoms with E-state index in [2.05, 4.69) is 20.3 Å². The van der Waals surface area contributed by atoms with Gasteiger partial charge in [-0.1, -0.05) is 28.9 Å². The molecule has 0 bridgehead atoms. The molecule has 1 aliphatic rings. The zero-order chi connectivity index (χ0) is 21.5. The molecular weight excluding hydrogens is 416 g/mol. The Bertz CT molecular complexity index is 1270. The molecule has 156 valence electrons. The Morgan fingerprint density at radius 1 is 1.16 bits per heavy atom. The van der Waals surface area contributed by atoms with E-state index in [1.807, 2.05) is 50.2 Å². The smallest absolute Gasteiger partial charge is 0.258 e. The fraction of sp³-hybridized carbons (Fsp3) is 0.227. The molecular formula is C22H19ClN6O2. The van der Waals surface area contributed by atoms with Gasteiger partial charge >= 0.3 is 0 Å². The zero-order valence-electron chi connectivity index (χ0n) is 17.0. The van der Waals surface area contributed by atoms with E-state index in [0.29, 0.717) is 34.5 Å². The molecule has 31 heavy (non-hydrogen) atoms. The van der Waals surface area contributed by atoms with Gasteiger partial charge in [-0.15, -0.1) is 0 Å². The van der Waals surface area contributed by atoms with Crippen LogP contribution in [0, 0.1) is 13.8 Å². The molecule has 1 saturated heterocycles. The van der Waals surface area contributed by atoms with Crippen molar-refractivity contribution in [2.75, 3.05) is 6.54 Å². The van der Waals surface area contributed by atoms with Crippen molar-refractivity contribution in [2.45, 2.75) is 26.3 Å². The van der Waals surface area contributed by atoms with Crippen LogP contribution in [0.5, 0.6) is 0 Å². The van der Waals surface area contributed by atoms with Gasteiger partial charge in [0.15, 0.2) is 5.82 Å². The lowest BCUT2D eigenvalue weighted by atomic mass is 9.99. The maximum Gasteiger partial charge on any atom is 0.258 e. The lowest BCUT2D eigenvalue weighted by Gasteiger charge is -2.39. The van der Waals surface area contributed by atoms with Gasteiger partial charge in [0, 0.05) is 17.1 Å². The summed E-state index contributed by atoms with van der Waals surface area (Å²) in [6.45, 7) is 4.48. The van der Waals surface area contributed by atoms with Gasteiger partial charge in [0.05, 0.1) is 29.7 Å². The van der Waals surface area contributed by atoms with Gasteiger partial charge in [0.2, 0.25) is 0 Å². The molecule has 2 aromatic heterocycles. The lowest BCUT2D eigenvalue weighted by molar-refractivity contribution is 0.0435. The average molecular weight is 435 g/mol. The van der Waals surface area contributed by atoms with E-state index >= 15 is 0 Å². The van der Waals surface area contributed by atoms with Gasteiger partial charge in [-0.25, -0.2) is 0 Å². The predicted octanol–water partition coefficient (Wildman–Crippen LogP) is 4.17. The molecule has 3 heterocycles. The van der Waals surface area contributed by atoms with Crippen molar-refractivity contribution in [3.63, 3.8) is 0 Å². The minimum absolute atomic E-state index is 0.117. The van der Waals surface area contributed by atoms with Crippen LogP contribution < -0.4 is 0 Å². The number of aromatic nitrogens is 5. The van der Waals surface area contributed by atoms with Crippen LogP contribution in [0.4, 0.5) is 0 Å². The molecule has 5 rings (SSSR count). The number of hydrogen-bond acceptors (Lipinski definition) is 6. The van der Waals surface area contributed by atoms with E-state index in [9.17, 15) is 4.79 Å². The topological polar surface area (TPSA) is 89.9 Å². The van der Waals surface area contributed by atoms with E-state index in [4.69, 9.17) is 16.1 Å². The van der Waals surface area contributed by atoms with Crippen LogP contribution >= 0.6 is 11.6 Å². The van der Waals surface area contributed by atoms with Crippen LogP contribution in [0.2, 0.25) is 5.02 Å². The van der Waals surface area contributed by atoms with Crippen LogP contribution in [-0.4, -0.2) is 42.5 Å². The van der Waals surface area contributed by atoms with Crippen LogP contribution in [0.25, 0.3) is 17.1 Å². The highest BCUT2D eigenvalue weighted by Crippen LogP contribution is 2.35. The van der Waals surface area contributed by atoms with E-state index in [-0.39, 0.29) is 11.9 Å². The Morgan fingerprint density at radius 2 is 1.97 bits per heavy atom. The summed E-state index contributed by atoms with van der Waals surface area (Å²) in [5.41, 5.74) is 3.85. The molecule has 1 fully saturated rings. The summed E-state index contributed by atoms with van der Waals surface area (Å²) in [6.07, 6.45) is 3.93. The second-order valence-electron chi connectivity index (χ2n) is 7.51. The van der Waals surface area contributed by atoms with Crippen LogP contribution in [0.15, 0.2) is 53.3 Å². The van der Waals surface area contributed by atoms with Gasteiger partial charge < -0.3 is 9.42 Å². The molecule has 8 nitrogen and oxygen atoms in total. The van der Waals surface area contributed by atoms with Crippen molar-refractivity contribution < 1.29 is 9.32 Å². The number of likely N-dealkylation sites (tertiary alicyclic amines) is 1. The minimum Gasteiger partial charge on any atom is -0.334 e. The summed E-state index contributed by atoms with van der Waals surface area (Å²) in [4.78, 5) is 21.1. The molecule has 1 atom stereocenters. The van der Waals surface area contributed by atoms with Crippen LogP contribution in [0.1, 0.15) is 39.8 Å². The lowest BCUT2D eigenvalue weighted by Crippen LogP contribution is -2.45. The summed E-state index contributed by atoms with van der Waals surface area (Å²) >= 11 is 6.22. The molecule has 1 aliphatic heterocycles. The minimum atomic E-state index is -0.246. The highest BCUT2D eigenvalue weighted by Gasteiger charge is 2.38. The number of carbonyl (C=O) groups is 1. The van der Waals surface area contributed by atoms with Crippen molar-refractivity contribution in [2.24, 2.45) is 0 Å². The maximum absolute atomic E-state index is 13.4. The number of benzene rings is 2. The first-order chi connectivity index (χ1) is 15.0. The summed E-state index contributed by atoms with van der Waals surface area (Å²) in [5, 5.41) is 13.2. The quantitative estimate of drug-likeness (QED) is 0.478. The van der Waals surface area contributed by atoms with Crippen molar-refractivity contribution >= 4 is 17.5 Å². The number of carbonyl (C=O) groups excluding carboxylic acids is 1. The van der Waals surface area contributed by atoms with Crippen LogP contribution in [0.3, 0.4) is 0 Å². The molecule has 9 heteroatoms. The second kappa shape index (κ2) is 7.63. The van der Waals surface area contributed by atoms with Gasteiger partial charge in [-0.3, -0.25) is 4.79 Å². The number of hydrogen-bond donors (Lipinski definition) is 0. The SMILES string of the molecule is Cc1ccc(C(=O)N2CCC2c2noc(-c3cccc(Cl)c3C)n2)c(-n2nccn2)c1. The van der Waals surface area contributed by atoms with Gasteiger partial charge in [0.25, 0.3) is 11.8 Å².